The molecule has 0 aromatic carbocycles. The van der Waals surface area contributed by atoms with Crippen LogP contribution in [0, 0.1) is 12.8 Å². The lowest BCUT2D eigenvalue weighted by Crippen LogP contribution is -2.27. The molecule has 0 saturated carbocycles. The third kappa shape index (κ3) is 4.33. The van der Waals surface area contributed by atoms with Crippen molar-refractivity contribution in [1.82, 2.24) is 5.32 Å². The van der Waals surface area contributed by atoms with E-state index in [1.54, 1.807) is 11.3 Å². The lowest BCUT2D eigenvalue weighted by atomic mass is 10.0. The third-order valence-electron chi connectivity index (χ3n) is 2.74. The molecule has 0 radical (unpaired) electrons. The van der Waals surface area contributed by atoms with Gasteiger partial charge in [-0.05, 0) is 54.2 Å². The summed E-state index contributed by atoms with van der Waals surface area (Å²) in [5.74, 6) is 0.633. The average Bonchev–Trinajstić information content (AvgIpc) is 2.63. The largest absolute Gasteiger partial charge is 0.330 e. The minimum Gasteiger partial charge on any atom is -0.330 e. The number of aryl methyl sites for hydroxylation is 1. The highest BCUT2D eigenvalue weighted by Crippen LogP contribution is 2.13. The highest BCUT2D eigenvalue weighted by atomic mass is 32.1. The van der Waals surface area contributed by atoms with Crippen LogP contribution in [0.2, 0.25) is 0 Å². The van der Waals surface area contributed by atoms with E-state index in [2.05, 4.69) is 29.9 Å². The first kappa shape index (κ1) is 12.7. The molecule has 0 bridgehead atoms. The molecule has 1 aromatic rings. The molecule has 86 valence electrons. The van der Waals surface area contributed by atoms with Crippen molar-refractivity contribution in [2.45, 2.75) is 33.2 Å². The summed E-state index contributed by atoms with van der Waals surface area (Å²) in [5, 5.41) is 7.91. The van der Waals surface area contributed by atoms with Crippen molar-refractivity contribution in [2.24, 2.45) is 11.7 Å². The standard InChI is InChI=1S/C12H22N2S/c1-3-4-11(5-13)6-14-7-12-9-15-8-10(12)2/h8-9,11,14H,3-7,13H2,1-2H3. The van der Waals surface area contributed by atoms with Gasteiger partial charge in [-0.3, -0.25) is 0 Å². The molecule has 3 heteroatoms. The van der Waals surface area contributed by atoms with Crippen LogP contribution in [-0.2, 0) is 6.54 Å². The molecular weight excluding hydrogens is 204 g/mol. The van der Waals surface area contributed by atoms with Gasteiger partial charge in [0.1, 0.15) is 0 Å². The Morgan fingerprint density at radius 1 is 1.47 bits per heavy atom. The van der Waals surface area contributed by atoms with Crippen molar-refractivity contribution in [3.63, 3.8) is 0 Å². The van der Waals surface area contributed by atoms with Gasteiger partial charge in [0.05, 0.1) is 0 Å². The van der Waals surface area contributed by atoms with E-state index >= 15 is 0 Å². The fraction of sp³-hybridized carbons (Fsp3) is 0.667. The summed E-state index contributed by atoms with van der Waals surface area (Å²) in [4.78, 5) is 0. The Labute approximate surface area is 96.9 Å². The van der Waals surface area contributed by atoms with Crippen molar-refractivity contribution >= 4 is 11.3 Å². The van der Waals surface area contributed by atoms with Gasteiger partial charge in [0, 0.05) is 6.54 Å². The van der Waals surface area contributed by atoms with E-state index in [0.29, 0.717) is 5.92 Å². The Morgan fingerprint density at radius 2 is 2.27 bits per heavy atom. The van der Waals surface area contributed by atoms with Gasteiger partial charge in [0.2, 0.25) is 0 Å². The predicted octanol–water partition coefficient (Wildman–Crippen LogP) is 2.52. The van der Waals surface area contributed by atoms with Crippen LogP contribution < -0.4 is 11.1 Å². The van der Waals surface area contributed by atoms with Crippen LogP contribution in [0.15, 0.2) is 10.8 Å². The zero-order valence-electron chi connectivity index (χ0n) is 9.75. The Balaban J connectivity index is 2.23. The molecule has 0 amide bonds. The number of thiophene rings is 1. The normalized spacial score (nSPS) is 13.0. The number of nitrogens with one attached hydrogen (secondary N) is 1. The molecule has 1 unspecified atom stereocenters. The maximum atomic E-state index is 5.71. The van der Waals surface area contributed by atoms with E-state index in [9.17, 15) is 0 Å². The first-order chi connectivity index (χ1) is 7.27. The number of rotatable bonds is 7. The van der Waals surface area contributed by atoms with Gasteiger partial charge in [-0.1, -0.05) is 13.3 Å². The monoisotopic (exact) mass is 226 g/mol. The van der Waals surface area contributed by atoms with Crippen LogP contribution in [0.25, 0.3) is 0 Å². The second kappa shape index (κ2) is 6.99. The fourth-order valence-electron chi connectivity index (χ4n) is 1.69. The molecule has 1 aromatic heterocycles. The van der Waals surface area contributed by atoms with E-state index < -0.39 is 0 Å². The Morgan fingerprint density at radius 3 is 2.80 bits per heavy atom. The molecule has 2 nitrogen and oxygen atoms in total. The molecule has 0 aliphatic carbocycles. The van der Waals surface area contributed by atoms with Crippen LogP contribution in [-0.4, -0.2) is 13.1 Å². The number of nitrogens with two attached hydrogens (primary N) is 1. The summed E-state index contributed by atoms with van der Waals surface area (Å²) >= 11 is 1.78. The Bertz CT molecular complexity index is 270. The molecule has 0 spiro atoms. The average molecular weight is 226 g/mol. The Hall–Kier alpha value is -0.380. The minimum absolute atomic E-state index is 0.633. The lowest BCUT2D eigenvalue weighted by Gasteiger charge is -2.14. The van der Waals surface area contributed by atoms with E-state index in [-0.39, 0.29) is 0 Å². The Kier molecular flexibility index (Phi) is 5.91. The van der Waals surface area contributed by atoms with Crippen molar-refractivity contribution < 1.29 is 0 Å². The van der Waals surface area contributed by atoms with E-state index in [4.69, 9.17) is 5.73 Å². The molecule has 3 N–H and O–H groups in total. The summed E-state index contributed by atoms with van der Waals surface area (Å²) in [6, 6.07) is 0. The molecule has 1 rings (SSSR count). The highest BCUT2D eigenvalue weighted by Gasteiger charge is 2.05. The third-order valence-corrected chi connectivity index (χ3v) is 3.65. The summed E-state index contributed by atoms with van der Waals surface area (Å²) in [7, 11) is 0. The summed E-state index contributed by atoms with van der Waals surface area (Å²) in [5.41, 5.74) is 8.53. The van der Waals surface area contributed by atoms with Gasteiger partial charge < -0.3 is 11.1 Å². The minimum atomic E-state index is 0.633. The molecule has 15 heavy (non-hydrogen) atoms. The van der Waals surface area contributed by atoms with Crippen molar-refractivity contribution in [1.29, 1.82) is 0 Å². The van der Waals surface area contributed by atoms with Crippen molar-refractivity contribution in [3.05, 3.63) is 21.9 Å². The smallest absolute Gasteiger partial charge is 0.0216 e. The fourth-order valence-corrected chi connectivity index (χ4v) is 2.55. The van der Waals surface area contributed by atoms with Crippen LogP contribution in [0.4, 0.5) is 0 Å². The van der Waals surface area contributed by atoms with Crippen LogP contribution in [0.5, 0.6) is 0 Å². The number of hydrogen-bond acceptors (Lipinski definition) is 3. The van der Waals surface area contributed by atoms with Crippen LogP contribution in [0.3, 0.4) is 0 Å². The quantitative estimate of drug-likeness (QED) is 0.750. The lowest BCUT2D eigenvalue weighted by molar-refractivity contribution is 0.449. The van der Waals surface area contributed by atoms with E-state index in [1.807, 2.05) is 0 Å². The van der Waals surface area contributed by atoms with Crippen LogP contribution in [0.1, 0.15) is 30.9 Å². The second-order valence-electron chi connectivity index (χ2n) is 4.10. The molecule has 1 heterocycles. The molecule has 0 aliphatic heterocycles. The maximum Gasteiger partial charge on any atom is 0.0216 e. The second-order valence-corrected chi connectivity index (χ2v) is 4.84. The van der Waals surface area contributed by atoms with Gasteiger partial charge in [-0.2, -0.15) is 11.3 Å². The summed E-state index contributed by atoms with van der Waals surface area (Å²) in [6.45, 7) is 7.20. The zero-order valence-corrected chi connectivity index (χ0v) is 10.6. The van der Waals surface area contributed by atoms with E-state index in [0.717, 1.165) is 19.6 Å². The van der Waals surface area contributed by atoms with Gasteiger partial charge in [-0.15, -0.1) is 0 Å². The number of hydrogen-bond donors (Lipinski definition) is 2. The molecule has 0 aliphatic rings. The topological polar surface area (TPSA) is 38.0 Å². The van der Waals surface area contributed by atoms with Crippen LogP contribution >= 0.6 is 11.3 Å². The van der Waals surface area contributed by atoms with Crippen molar-refractivity contribution in [2.75, 3.05) is 13.1 Å². The van der Waals surface area contributed by atoms with Gasteiger partial charge in [0.15, 0.2) is 0 Å². The zero-order chi connectivity index (χ0) is 11.1. The van der Waals surface area contributed by atoms with E-state index in [1.165, 1.54) is 24.0 Å². The maximum absolute atomic E-state index is 5.71. The molecule has 1 atom stereocenters. The first-order valence-corrected chi connectivity index (χ1v) is 6.64. The SMILES string of the molecule is CCCC(CN)CNCc1cscc1C. The van der Waals surface area contributed by atoms with Gasteiger partial charge >= 0.3 is 0 Å². The molecule has 0 fully saturated rings. The summed E-state index contributed by atoms with van der Waals surface area (Å²) < 4.78 is 0. The predicted molar refractivity (Wildman–Crippen MR) is 68.2 cm³/mol. The molecule has 0 saturated heterocycles. The van der Waals surface area contributed by atoms with Crippen molar-refractivity contribution in [3.8, 4) is 0 Å². The first-order valence-electron chi connectivity index (χ1n) is 5.70. The highest BCUT2D eigenvalue weighted by molar-refractivity contribution is 7.08. The van der Waals surface area contributed by atoms with Gasteiger partial charge in [0.25, 0.3) is 0 Å². The molecular formula is C12H22N2S. The van der Waals surface area contributed by atoms with Gasteiger partial charge in [-0.25, -0.2) is 0 Å². The summed E-state index contributed by atoms with van der Waals surface area (Å²) in [6.07, 6.45) is 2.45.